The first-order valence-corrected chi connectivity index (χ1v) is 7.96. The van der Waals surface area contributed by atoms with Crippen LogP contribution in [0.3, 0.4) is 0 Å². The van der Waals surface area contributed by atoms with Gasteiger partial charge in [0.15, 0.2) is 0 Å². The quantitative estimate of drug-likeness (QED) is 0.260. The van der Waals surface area contributed by atoms with Crippen LogP contribution in [0.2, 0.25) is 0 Å². The molecule has 10 heteroatoms. The van der Waals surface area contributed by atoms with Crippen molar-refractivity contribution < 1.29 is 23.2 Å². The minimum Gasteiger partial charge on any atom is -0.394 e. The summed E-state index contributed by atoms with van der Waals surface area (Å²) in [5.41, 5.74) is -0.109. The fourth-order valence-electron chi connectivity index (χ4n) is 0.990. The van der Waals surface area contributed by atoms with E-state index in [1.807, 2.05) is 0 Å². The molecule has 1 rings (SSSR count). The highest BCUT2D eigenvalue weighted by Crippen LogP contribution is 2.49. The van der Waals surface area contributed by atoms with E-state index in [-0.39, 0.29) is 11.4 Å². The van der Waals surface area contributed by atoms with Crippen LogP contribution < -0.4 is 4.52 Å². The van der Waals surface area contributed by atoms with Crippen LogP contribution in [0.5, 0.6) is 5.75 Å². The molecule has 0 aliphatic carbocycles. The van der Waals surface area contributed by atoms with Crippen molar-refractivity contribution in [2.45, 2.75) is 6.92 Å². The number of rotatable bonds is 6. The minimum absolute atomic E-state index is 0.109. The molecule has 0 aliphatic rings. The first-order chi connectivity index (χ1) is 9.40. The van der Waals surface area contributed by atoms with Gasteiger partial charge in [-0.05, 0) is 25.3 Å². The summed E-state index contributed by atoms with van der Waals surface area (Å²) >= 11 is 1.31. The van der Waals surface area contributed by atoms with E-state index in [1.165, 1.54) is 36.0 Å². The molecule has 0 amide bonds. The van der Waals surface area contributed by atoms with Gasteiger partial charge in [0.2, 0.25) is 0 Å². The SMILES string of the molecule is COP(=O)(O/N=C(\C)SC)Oc1ccc([N+](=O)[O-])cc1. The maximum Gasteiger partial charge on any atom is 0.608 e. The monoisotopic (exact) mass is 320 g/mol. The molecule has 0 saturated heterocycles. The van der Waals surface area contributed by atoms with Gasteiger partial charge in [-0.1, -0.05) is 5.16 Å². The summed E-state index contributed by atoms with van der Waals surface area (Å²) in [6, 6.07) is 5.01. The van der Waals surface area contributed by atoms with Crippen molar-refractivity contribution in [2.75, 3.05) is 13.4 Å². The first kappa shape index (κ1) is 16.5. The third-order valence-corrected chi connectivity index (χ3v) is 3.88. The number of hydrogen-bond acceptors (Lipinski definition) is 8. The molecule has 0 heterocycles. The van der Waals surface area contributed by atoms with E-state index in [4.69, 9.17) is 9.15 Å². The second kappa shape index (κ2) is 7.28. The lowest BCUT2D eigenvalue weighted by Gasteiger charge is -2.13. The average Bonchev–Trinajstić information content (AvgIpc) is 2.45. The summed E-state index contributed by atoms with van der Waals surface area (Å²) in [7, 11) is -2.75. The smallest absolute Gasteiger partial charge is 0.394 e. The summed E-state index contributed by atoms with van der Waals surface area (Å²) in [5.74, 6) is 0.109. The van der Waals surface area contributed by atoms with Crippen LogP contribution in [-0.2, 0) is 13.7 Å². The van der Waals surface area contributed by atoms with E-state index in [9.17, 15) is 14.7 Å². The maximum absolute atomic E-state index is 12.1. The van der Waals surface area contributed by atoms with Crippen LogP contribution >= 0.6 is 19.6 Å². The van der Waals surface area contributed by atoms with Gasteiger partial charge in [-0.3, -0.25) is 19.3 Å². The largest absolute Gasteiger partial charge is 0.608 e. The van der Waals surface area contributed by atoms with E-state index in [0.29, 0.717) is 5.04 Å². The predicted octanol–water partition coefficient (Wildman–Crippen LogP) is 3.44. The van der Waals surface area contributed by atoms with Crippen molar-refractivity contribution >= 4 is 30.3 Å². The van der Waals surface area contributed by atoms with E-state index < -0.39 is 12.7 Å². The predicted molar refractivity (Wildman–Crippen MR) is 76.0 cm³/mol. The fourth-order valence-corrected chi connectivity index (χ4v) is 1.93. The molecule has 0 spiro atoms. The lowest BCUT2D eigenvalue weighted by atomic mass is 10.3. The maximum atomic E-state index is 12.1. The number of phosphoric ester groups is 1. The molecule has 110 valence electrons. The lowest BCUT2D eigenvalue weighted by molar-refractivity contribution is -0.384. The van der Waals surface area contributed by atoms with Crippen molar-refractivity contribution in [3.8, 4) is 5.75 Å². The molecular weight excluding hydrogens is 307 g/mol. The number of non-ortho nitro benzene ring substituents is 1. The van der Waals surface area contributed by atoms with Gasteiger partial charge in [0.05, 0.1) is 4.92 Å². The number of hydrogen-bond donors (Lipinski definition) is 0. The Morgan fingerprint density at radius 2 is 2.00 bits per heavy atom. The number of benzene rings is 1. The topological polar surface area (TPSA) is 100 Å². The normalized spacial score (nSPS) is 14.4. The zero-order chi connectivity index (χ0) is 15.2. The van der Waals surface area contributed by atoms with Gasteiger partial charge in [-0.15, -0.1) is 11.8 Å². The Bertz CT molecular complexity index is 547. The molecule has 1 unspecified atom stereocenters. The van der Waals surface area contributed by atoms with Gasteiger partial charge < -0.3 is 4.52 Å². The fraction of sp³-hybridized carbons (Fsp3) is 0.300. The van der Waals surface area contributed by atoms with Crippen molar-refractivity contribution in [1.29, 1.82) is 0 Å². The van der Waals surface area contributed by atoms with Crippen molar-refractivity contribution in [1.82, 2.24) is 0 Å². The third-order valence-electron chi connectivity index (χ3n) is 2.05. The summed E-state index contributed by atoms with van der Waals surface area (Å²) in [4.78, 5) is 9.95. The van der Waals surface area contributed by atoms with E-state index in [2.05, 4.69) is 9.68 Å². The van der Waals surface area contributed by atoms with Gasteiger partial charge in [-0.25, -0.2) is 4.57 Å². The molecule has 8 nitrogen and oxygen atoms in total. The Kier molecular flexibility index (Phi) is 6.00. The van der Waals surface area contributed by atoms with Crippen LogP contribution in [0.25, 0.3) is 0 Å². The molecule has 0 aromatic heterocycles. The van der Waals surface area contributed by atoms with Crippen molar-refractivity contribution in [3.63, 3.8) is 0 Å². The van der Waals surface area contributed by atoms with E-state index in [1.54, 1.807) is 13.2 Å². The summed E-state index contributed by atoms with van der Waals surface area (Å²) < 4.78 is 26.6. The highest BCUT2D eigenvalue weighted by atomic mass is 32.2. The molecule has 0 bridgehead atoms. The molecule has 1 aromatic carbocycles. The Morgan fingerprint density at radius 1 is 1.40 bits per heavy atom. The van der Waals surface area contributed by atoms with Crippen LogP contribution in [0.4, 0.5) is 5.69 Å². The van der Waals surface area contributed by atoms with Gasteiger partial charge in [0.1, 0.15) is 10.8 Å². The number of nitro groups is 1. The van der Waals surface area contributed by atoms with Crippen LogP contribution in [0, 0.1) is 10.1 Å². The van der Waals surface area contributed by atoms with Crippen LogP contribution in [0.15, 0.2) is 29.4 Å². The zero-order valence-electron chi connectivity index (χ0n) is 11.0. The lowest BCUT2D eigenvalue weighted by Crippen LogP contribution is -1.98. The molecule has 20 heavy (non-hydrogen) atoms. The second-order valence-electron chi connectivity index (χ2n) is 3.37. The third kappa shape index (κ3) is 4.84. The highest BCUT2D eigenvalue weighted by Gasteiger charge is 2.29. The van der Waals surface area contributed by atoms with Crippen molar-refractivity contribution in [2.24, 2.45) is 5.16 Å². The number of oxime groups is 1. The number of thioether (sulfide) groups is 1. The summed E-state index contributed by atoms with van der Waals surface area (Å²) in [6.07, 6.45) is 1.77. The van der Waals surface area contributed by atoms with Gasteiger partial charge >= 0.3 is 7.82 Å². The molecule has 0 radical (unpaired) electrons. The van der Waals surface area contributed by atoms with Gasteiger partial charge in [0, 0.05) is 19.2 Å². The Labute approximate surface area is 119 Å². The Hall–Kier alpha value is -1.57. The standard InChI is InChI=1S/C10H13N2O6PS/c1-8(20-3)11-18-19(15,16-2)17-10-6-4-9(5-7-10)12(13)14/h4-7H,1-3H3/b11-8+. The second-order valence-corrected chi connectivity index (χ2v) is 5.97. The molecular formula is C10H13N2O6PS. The summed E-state index contributed by atoms with van der Waals surface area (Å²) in [6.45, 7) is 1.66. The van der Waals surface area contributed by atoms with E-state index >= 15 is 0 Å². The van der Waals surface area contributed by atoms with Crippen LogP contribution in [-0.4, -0.2) is 23.3 Å². The Balaban J connectivity index is 2.82. The molecule has 0 aliphatic heterocycles. The number of nitro benzene ring substituents is 1. The molecule has 0 saturated carbocycles. The van der Waals surface area contributed by atoms with Gasteiger partial charge in [-0.2, -0.15) is 0 Å². The van der Waals surface area contributed by atoms with Crippen LogP contribution in [0.1, 0.15) is 6.92 Å². The average molecular weight is 320 g/mol. The Morgan fingerprint density at radius 3 is 2.45 bits per heavy atom. The van der Waals surface area contributed by atoms with Crippen molar-refractivity contribution in [3.05, 3.63) is 34.4 Å². The molecule has 1 aromatic rings. The molecule has 0 fully saturated rings. The minimum atomic E-state index is -3.90. The highest BCUT2D eigenvalue weighted by molar-refractivity contribution is 8.13. The van der Waals surface area contributed by atoms with E-state index in [0.717, 1.165) is 7.11 Å². The first-order valence-electron chi connectivity index (χ1n) is 5.27. The summed E-state index contributed by atoms with van der Waals surface area (Å²) in [5, 5.41) is 14.6. The number of nitrogens with zero attached hydrogens (tertiary/aromatic N) is 2. The van der Waals surface area contributed by atoms with Gasteiger partial charge in [0.25, 0.3) is 5.69 Å². The zero-order valence-corrected chi connectivity index (χ0v) is 12.7. The molecule has 1 atom stereocenters. The molecule has 0 N–H and O–H groups in total. The number of phosphoric acid groups is 1.